The number of ether oxygens (including phenoxy) is 1. The number of nitrogens with one attached hydrogen (secondary N) is 1. The van der Waals surface area contributed by atoms with Gasteiger partial charge >= 0.3 is 5.97 Å². The van der Waals surface area contributed by atoms with Crippen molar-refractivity contribution in [1.29, 1.82) is 0 Å². The van der Waals surface area contributed by atoms with Crippen LogP contribution in [0.2, 0.25) is 0 Å². The van der Waals surface area contributed by atoms with Crippen LogP contribution in [0, 0.1) is 5.92 Å². The van der Waals surface area contributed by atoms with Crippen LogP contribution >= 0.6 is 0 Å². The lowest BCUT2D eigenvalue weighted by Crippen LogP contribution is -2.48. The second-order valence-electron chi connectivity index (χ2n) is 4.07. The van der Waals surface area contributed by atoms with Crippen LogP contribution in [0.4, 0.5) is 0 Å². The van der Waals surface area contributed by atoms with Crippen molar-refractivity contribution in [3.05, 3.63) is 0 Å². The molecule has 5 heteroatoms. The van der Waals surface area contributed by atoms with Gasteiger partial charge < -0.3 is 15.2 Å². The highest BCUT2D eigenvalue weighted by Gasteiger charge is 2.29. The highest BCUT2D eigenvalue weighted by Crippen LogP contribution is 2.13. The number of carboxylic acids is 1. The van der Waals surface area contributed by atoms with E-state index in [0.717, 1.165) is 6.42 Å². The molecule has 1 rings (SSSR count). The van der Waals surface area contributed by atoms with Crippen LogP contribution in [0.3, 0.4) is 0 Å². The Hall–Kier alpha value is -1.10. The van der Waals surface area contributed by atoms with E-state index in [1.54, 1.807) is 13.8 Å². The van der Waals surface area contributed by atoms with E-state index in [9.17, 15) is 9.59 Å². The first-order valence-corrected chi connectivity index (χ1v) is 5.17. The van der Waals surface area contributed by atoms with E-state index in [-0.39, 0.29) is 11.8 Å². The number of hydrogen-bond acceptors (Lipinski definition) is 3. The zero-order valence-electron chi connectivity index (χ0n) is 9.03. The Balaban J connectivity index is 2.50. The summed E-state index contributed by atoms with van der Waals surface area (Å²) in [4.78, 5) is 22.4. The molecular formula is C10H17NO4. The van der Waals surface area contributed by atoms with Crippen molar-refractivity contribution in [2.24, 2.45) is 5.92 Å². The molecule has 15 heavy (non-hydrogen) atoms. The van der Waals surface area contributed by atoms with Gasteiger partial charge in [0.25, 0.3) is 0 Å². The van der Waals surface area contributed by atoms with Gasteiger partial charge in [-0.15, -0.1) is 0 Å². The third-order valence-corrected chi connectivity index (χ3v) is 2.45. The van der Waals surface area contributed by atoms with Crippen molar-refractivity contribution in [2.75, 3.05) is 6.61 Å². The van der Waals surface area contributed by atoms with Gasteiger partial charge in [0.05, 0.1) is 0 Å². The molecule has 1 fully saturated rings. The molecular weight excluding hydrogens is 198 g/mol. The molecule has 2 atom stereocenters. The van der Waals surface area contributed by atoms with Crippen LogP contribution in [0.15, 0.2) is 0 Å². The Morgan fingerprint density at radius 3 is 2.53 bits per heavy atom. The van der Waals surface area contributed by atoms with E-state index in [1.165, 1.54) is 0 Å². The number of rotatable bonds is 4. The van der Waals surface area contributed by atoms with Gasteiger partial charge in [-0.1, -0.05) is 13.8 Å². The summed E-state index contributed by atoms with van der Waals surface area (Å²) in [7, 11) is 0. The lowest BCUT2D eigenvalue weighted by Gasteiger charge is -2.19. The average Bonchev–Trinajstić information content (AvgIpc) is 2.65. The van der Waals surface area contributed by atoms with Crippen LogP contribution in [-0.2, 0) is 14.3 Å². The van der Waals surface area contributed by atoms with Crippen LogP contribution in [-0.4, -0.2) is 35.7 Å². The Morgan fingerprint density at radius 1 is 1.47 bits per heavy atom. The first-order chi connectivity index (χ1) is 7.02. The highest BCUT2D eigenvalue weighted by atomic mass is 16.5. The Labute approximate surface area is 88.8 Å². The zero-order valence-corrected chi connectivity index (χ0v) is 9.03. The Bertz CT molecular complexity index is 246. The van der Waals surface area contributed by atoms with Gasteiger partial charge in [-0.2, -0.15) is 0 Å². The van der Waals surface area contributed by atoms with Gasteiger partial charge in [-0.25, -0.2) is 4.79 Å². The van der Waals surface area contributed by atoms with Crippen molar-refractivity contribution < 1.29 is 19.4 Å². The summed E-state index contributed by atoms with van der Waals surface area (Å²) < 4.78 is 5.17. The number of amides is 1. The zero-order chi connectivity index (χ0) is 11.4. The summed E-state index contributed by atoms with van der Waals surface area (Å²) in [6.07, 6.45) is 1.07. The van der Waals surface area contributed by atoms with E-state index < -0.39 is 18.1 Å². The largest absolute Gasteiger partial charge is 0.480 e. The molecule has 0 aromatic carbocycles. The predicted octanol–water partition coefficient (Wildman–Crippen LogP) is 0.391. The minimum Gasteiger partial charge on any atom is -0.480 e. The van der Waals surface area contributed by atoms with Gasteiger partial charge in [0.15, 0.2) is 0 Å². The quantitative estimate of drug-likeness (QED) is 0.711. The molecule has 1 aliphatic rings. The third-order valence-electron chi connectivity index (χ3n) is 2.45. The molecule has 1 heterocycles. The standard InChI is InChI=1S/C10H17NO4/c1-6(2)8(10(13)14)11-9(12)7-4-3-5-15-7/h6-8H,3-5H2,1-2H3,(H,11,12)(H,13,14)/t7?,8-/m0/s1. The molecule has 0 aromatic heterocycles. The maximum Gasteiger partial charge on any atom is 0.326 e. The number of carboxylic acid groups (broad SMARTS) is 1. The fourth-order valence-electron chi connectivity index (χ4n) is 1.54. The third kappa shape index (κ3) is 3.20. The van der Waals surface area contributed by atoms with E-state index in [0.29, 0.717) is 13.0 Å². The molecule has 2 N–H and O–H groups in total. The van der Waals surface area contributed by atoms with E-state index in [4.69, 9.17) is 9.84 Å². The average molecular weight is 215 g/mol. The van der Waals surface area contributed by atoms with Crippen LogP contribution in [0.25, 0.3) is 0 Å². The minimum absolute atomic E-state index is 0.132. The molecule has 1 aliphatic heterocycles. The number of carbonyl (C=O) groups is 2. The van der Waals surface area contributed by atoms with Crippen molar-refractivity contribution >= 4 is 11.9 Å². The number of carbonyl (C=O) groups excluding carboxylic acids is 1. The lowest BCUT2D eigenvalue weighted by molar-refractivity contribution is -0.144. The van der Waals surface area contributed by atoms with Crippen molar-refractivity contribution in [3.8, 4) is 0 Å². The van der Waals surface area contributed by atoms with E-state index in [2.05, 4.69) is 5.32 Å². The fraction of sp³-hybridized carbons (Fsp3) is 0.800. The molecule has 0 aromatic rings. The predicted molar refractivity (Wildman–Crippen MR) is 53.4 cm³/mol. The van der Waals surface area contributed by atoms with Gasteiger partial charge in [0.2, 0.25) is 5.91 Å². The van der Waals surface area contributed by atoms with Crippen molar-refractivity contribution in [3.63, 3.8) is 0 Å². The molecule has 0 bridgehead atoms. The smallest absolute Gasteiger partial charge is 0.326 e. The monoisotopic (exact) mass is 215 g/mol. The van der Waals surface area contributed by atoms with Crippen LogP contribution in [0.1, 0.15) is 26.7 Å². The highest BCUT2D eigenvalue weighted by molar-refractivity contribution is 5.86. The first-order valence-electron chi connectivity index (χ1n) is 5.17. The van der Waals surface area contributed by atoms with E-state index >= 15 is 0 Å². The van der Waals surface area contributed by atoms with Gasteiger partial charge in [-0.3, -0.25) is 4.79 Å². The molecule has 0 aliphatic carbocycles. The van der Waals surface area contributed by atoms with Crippen molar-refractivity contribution in [1.82, 2.24) is 5.32 Å². The number of aliphatic carboxylic acids is 1. The van der Waals surface area contributed by atoms with Crippen molar-refractivity contribution in [2.45, 2.75) is 38.8 Å². The summed E-state index contributed by atoms with van der Waals surface area (Å²) in [5.41, 5.74) is 0. The minimum atomic E-state index is -1.00. The summed E-state index contributed by atoms with van der Waals surface area (Å²) in [6, 6.07) is -0.832. The molecule has 0 spiro atoms. The SMILES string of the molecule is CC(C)[C@H](NC(=O)C1CCCO1)C(=O)O. The number of hydrogen-bond donors (Lipinski definition) is 2. The summed E-state index contributed by atoms with van der Waals surface area (Å²) in [5, 5.41) is 11.4. The topological polar surface area (TPSA) is 75.6 Å². The molecule has 86 valence electrons. The molecule has 1 unspecified atom stereocenters. The molecule has 0 saturated carbocycles. The lowest BCUT2D eigenvalue weighted by atomic mass is 10.0. The van der Waals surface area contributed by atoms with Crippen LogP contribution in [0.5, 0.6) is 0 Å². The Kier molecular flexibility index (Phi) is 4.08. The maximum absolute atomic E-state index is 11.6. The molecule has 1 saturated heterocycles. The summed E-state index contributed by atoms with van der Waals surface area (Å²) in [6.45, 7) is 4.10. The van der Waals surface area contributed by atoms with Gasteiger partial charge in [-0.05, 0) is 18.8 Å². The summed E-state index contributed by atoms with van der Waals surface area (Å²) in [5.74, 6) is -1.45. The maximum atomic E-state index is 11.6. The van der Waals surface area contributed by atoms with E-state index in [1.807, 2.05) is 0 Å². The fourth-order valence-corrected chi connectivity index (χ4v) is 1.54. The Morgan fingerprint density at radius 2 is 2.13 bits per heavy atom. The molecule has 1 amide bonds. The second-order valence-corrected chi connectivity index (χ2v) is 4.07. The van der Waals surface area contributed by atoms with Crippen LogP contribution < -0.4 is 5.32 Å². The molecule has 5 nitrogen and oxygen atoms in total. The van der Waals surface area contributed by atoms with Gasteiger partial charge in [0.1, 0.15) is 12.1 Å². The molecule has 0 radical (unpaired) electrons. The first kappa shape index (κ1) is 12.0. The second kappa shape index (κ2) is 5.11. The summed E-state index contributed by atoms with van der Waals surface area (Å²) >= 11 is 0. The van der Waals surface area contributed by atoms with Gasteiger partial charge in [0, 0.05) is 6.61 Å². The normalized spacial score (nSPS) is 22.7.